The van der Waals surface area contributed by atoms with Gasteiger partial charge in [0.1, 0.15) is 0 Å². The molecular weight excluding hydrogens is 249 g/mol. The lowest BCUT2D eigenvalue weighted by Gasteiger charge is -2.09. The van der Waals surface area contributed by atoms with Crippen molar-refractivity contribution >= 4 is 18.3 Å². The summed E-state index contributed by atoms with van der Waals surface area (Å²) in [5.74, 6) is -0.637. The highest BCUT2D eigenvalue weighted by Gasteiger charge is 2.33. The van der Waals surface area contributed by atoms with Crippen LogP contribution in [0.15, 0.2) is 24.3 Å². The van der Waals surface area contributed by atoms with Crippen molar-refractivity contribution in [2.24, 2.45) is 0 Å². The summed E-state index contributed by atoms with van der Waals surface area (Å²) in [7, 11) is 1.18. The van der Waals surface area contributed by atoms with Crippen LogP contribution in [0, 0.1) is 0 Å². The van der Waals surface area contributed by atoms with Gasteiger partial charge < -0.3 is 4.74 Å². The maximum atomic E-state index is 12.5. The quantitative estimate of drug-likeness (QED) is 0.475. The molecular formula is C12H9F3O3. The van der Waals surface area contributed by atoms with Gasteiger partial charge in [-0.2, -0.15) is 13.2 Å². The van der Waals surface area contributed by atoms with Crippen molar-refractivity contribution in [3.8, 4) is 0 Å². The molecule has 0 fully saturated rings. The molecule has 1 aromatic carbocycles. The summed E-state index contributed by atoms with van der Waals surface area (Å²) in [5.41, 5.74) is -1.18. The van der Waals surface area contributed by atoms with Gasteiger partial charge in [0.25, 0.3) is 0 Å². The summed E-state index contributed by atoms with van der Waals surface area (Å²) in [6.45, 7) is 0. The molecule has 18 heavy (non-hydrogen) atoms. The van der Waals surface area contributed by atoms with Crippen molar-refractivity contribution < 1.29 is 27.5 Å². The van der Waals surface area contributed by atoms with Crippen LogP contribution < -0.4 is 0 Å². The van der Waals surface area contributed by atoms with Gasteiger partial charge in [-0.15, -0.1) is 0 Å². The topological polar surface area (TPSA) is 43.4 Å². The Kier molecular flexibility index (Phi) is 4.25. The fourth-order valence-corrected chi connectivity index (χ4v) is 1.27. The number of ether oxygens (including phenoxy) is 1. The van der Waals surface area contributed by atoms with Crippen molar-refractivity contribution in [1.29, 1.82) is 0 Å². The molecule has 0 atom stereocenters. The van der Waals surface area contributed by atoms with Gasteiger partial charge in [0.15, 0.2) is 6.29 Å². The number of benzene rings is 1. The Balaban J connectivity index is 3.10. The first-order chi connectivity index (χ1) is 8.38. The number of rotatable bonds is 3. The number of methoxy groups -OCH3 is 1. The maximum absolute atomic E-state index is 12.5. The fourth-order valence-electron chi connectivity index (χ4n) is 1.27. The van der Waals surface area contributed by atoms with Gasteiger partial charge in [-0.3, -0.25) is 4.79 Å². The van der Waals surface area contributed by atoms with Gasteiger partial charge in [0.2, 0.25) is 0 Å². The Labute approximate surface area is 101 Å². The van der Waals surface area contributed by atoms with Gasteiger partial charge in [0, 0.05) is 11.6 Å². The van der Waals surface area contributed by atoms with Gasteiger partial charge in [-0.25, -0.2) is 4.79 Å². The molecule has 1 rings (SSSR count). The van der Waals surface area contributed by atoms with Gasteiger partial charge in [-0.1, -0.05) is 6.07 Å². The van der Waals surface area contributed by atoms with E-state index in [-0.39, 0.29) is 6.29 Å². The van der Waals surface area contributed by atoms with Crippen LogP contribution in [0.1, 0.15) is 21.5 Å². The van der Waals surface area contributed by atoms with Gasteiger partial charge in [0.05, 0.1) is 12.7 Å². The Morgan fingerprint density at radius 3 is 2.50 bits per heavy atom. The lowest BCUT2D eigenvalue weighted by Crippen LogP contribution is -2.08. The number of carbonyl (C=O) groups excluding carboxylic acids is 2. The molecule has 0 saturated carbocycles. The third-order valence-electron chi connectivity index (χ3n) is 2.12. The van der Waals surface area contributed by atoms with Crippen LogP contribution in [0.2, 0.25) is 0 Å². The number of hydrogen-bond acceptors (Lipinski definition) is 3. The van der Waals surface area contributed by atoms with Crippen molar-refractivity contribution in [3.05, 3.63) is 41.0 Å². The molecule has 0 spiro atoms. The zero-order chi connectivity index (χ0) is 13.8. The zero-order valence-electron chi connectivity index (χ0n) is 9.32. The molecule has 0 radical (unpaired) electrons. The summed E-state index contributed by atoms with van der Waals surface area (Å²) in [6.07, 6.45) is -2.14. The second-order valence-electron chi connectivity index (χ2n) is 3.32. The van der Waals surface area contributed by atoms with Crippen LogP contribution >= 0.6 is 0 Å². The minimum absolute atomic E-state index is 0.123. The Morgan fingerprint density at radius 2 is 2.00 bits per heavy atom. The third kappa shape index (κ3) is 3.44. The second kappa shape index (κ2) is 5.48. The summed E-state index contributed by atoms with van der Waals surface area (Å²) >= 11 is 0. The van der Waals surface area contributed by atoms with Crippen LogP contribution in [0.5, 0.6) is 0 Å². The van der Waals surface area contributed by atoms with E-state index in [0.717, 1.165) is 24.3 Å². The minimum Gasteiger partial charge on any atom is -0.466 e. The summed E-state index contributed by atoms with van der Waals surface area (Å²) in [4.78, 5) is 21.4. The first-order valence-corrected chi connectivity index (χ1v) is 4.81. The second-order valence-corrected chi connectivity index (χ2v) is 3.32. The van der Waals surface area contributed by atoms with E-state index < -0.39 is 23.3 Å². The molecule has 6 heteroatoms. The molecule has 0 amide bonds. The summed E-state index contributed by atoms with van der Waals surface area (Å²) in [5, 5.41) is 0. The van der Waals surface area contributed by atoms with Gasteiger partial charge in [-0.05, 0) is 23.8 Å². The van der Waals surface area contributed by atoms with E-state index in [4.69, 9.17) is 0 Å². The zero-order valence-corrected chi connectivity index (χ0v) is 9.32. The van der Waals surface area contributed by atoms with E-state index >= 15 is 0 Å². The molecule has 0 aromatic heterocycles. The standard InChI is InChI=1S/C12H9F3O3/c1-18-11(17)5-3-8-2-4-10(12(13,14)15)9(6-8)7-16/h2-7H,1H3. The van der Waals surface area contributed by atoms with E-state index in [0.29, 0.717) is 5.56 Å². The number of alkyl halides is 3. The van der Waals surface area contributed by atoms with Crippen molar-refractivity contribution in [3.63, 3.8) is 0 Å². The predicted octanol–water partition coefficient (Wildman–Crippen LogP) is 2.70. The number of aldehydes is 1. The summed E-state index contributed by atoms with van der Waals surface area (Å²) < 4.78 is 41.8. The molecule has 0 aliphatic rings. The Bertz CT molecular complexity index is 490. The van der Waals surface area contributed by atoms with E-state index in [9.17, 15) is 22.8 Å². The molecule has 0 aliphatic carbocycles. The normalized spacial score (nSPS) is 11.6. The lowest BCUT2D eigenvalue weighted by molar-refractivity contribution is -0.138. The predicted molar refractivity (Wildman–Crippen MR) is 57.9 cm³/mol. The van der Waals surface area contributed by atoms with E-state index in [1.807, 2.05) is 0 Å². The smallest absolute Gasteiger partial charge is 0.417 e. The SMILES string of the molecule is COC(=O)C=Cc1ccc(C(F)(F)F)c(C=O)c1. The van der Waals surface area contributed by atoms with Crippen molar-refractivity contribution in [2.45, 2.75) is 6.18 Å². The van der Waals surface area contributed by atoms with E-state index in [2.05, 4.69) is 4.74 Å². The van der Waals surface area contributed by atoms with Crippen molar-refractivity contribution in [1.82, 2.24) is 0 Å². The Hall–Kier alpha value is -2.11. The first kappa shape index (κ1) is 14.0. The molecule has 0 N–H and O–H groups in total. The number of esters is 1. The van der Waals surface area contributed by atoms with Crippen LogP contribution in [0.3, 0.4) is 0 Å². The number of hydrogen-bond donors (Lipinski definition) is 0. The average Bonchev–Trinajstić information content (AvgIpc) is 2.34. The number of carbonyl (C=O) groups is 2. The van der Waals surface area contributed by atoms with E-state index in [1.54, 1.807) is 0 Å². The molecule has 1 aromatic rings. The van der Waals surface area contributed by atoms with E-state index in [1.165, 1.54) is 13.2 Å². The first-order valence-electron chi connectivity index (χ1n) is 4.81. The van der Waals surface area contributed by atoms with Crippen LogP contribution in [0.25, 0.3) is 6.08 Å². The largest absolute Gasteiger partial charge is 0.466 e. The van der Waals surface area contributed by atoms with Crippen LogP contribution in [-0.4, -0.2) is 19.4 Å². The monoisotopic (exact) mass is 258 g/mol. The molecule has 0 saturated heterocycles. The molecule has 3 nitrogen and oxygen atoms in total. The van der Waals surface area contributed by atoms with Crippen molar-refractivity contribution in [2.75, 3.05) is 7.11 Å². The molecule has 0 bridgehead atoms. The molecule has 96 valence electrons. The highest BCUT2D eigenvalue weighted by Crippen LogP contribution is 2.31. The lowest BCUT2D eigenvalue weighted by atomic mass is 10.0. The van der Waals surface area contributed by atoms with Gasteiger partial charge >= 0.3 is 12.1 Å². The minimum atomic E-state index is -4.58. The highest BCUT2D eigenvalue weighted by atomic mass is 19.4. The maximum Gasteiger partial charge on any atom is 0.417 e. The molecule has 0 heterocycles. The van der Waals surface area contributed by atoms with Crippen LogP contribution in [-0.2, 0) is 15.7 Å². The Morgan fingerprint density at radius 1 is 1.33 bits per heavy atom. The fraction of sp³-hybridized carbons (Fsp3) is 0.167. The molecule has 0 unspecified atom stereocenters. The average molecular weight is 258 g/mol. The third-order valence-corrected chi connectivity index (χ3v) is 2.12. The summed E-state index contributed by atoms with van der Waals surface area (Å²) in [6, 6.07) is 3.01. The number of halogens is 3. The molecule has 0 aliphatic heterocycles. The van der Waals surface area contributed by atoms with Crippen LogP contribution in [0.4, 0.5) is 13.2 Å². The highest BCUT2D eigenvalue weighted by molar-refractivity contribution is 5.87.